The van der Waals surface area contributed by atoms with Crippen LogP contribution in [-0.2, 0) is 0 Å². The lowest BCUT2D eigenvalue weighted by atomic mass is 10.2. The number of benzene rings is 1. The van der Waals surface area contributed by atoms with Gasteiger partial charge in [-0.3, -0.25) is 9.78 Å². The van der Waals surface area contributed by atoms with Gasteiger partial charge in [0.25, 0.3) is 5.91 Å². The van der Waals surface area contributed by atoms with Crippen molar-refractivity contribution < 1.29 is 4.79 Å². The van der Waals surface area contributed by atoms with Gasteiger partial charge in [-0.15, -0.1) is 11.3 Å². The first-order chi connectivity index (χ1) is 14.3. The molecule has 1 saturated heterocycles. The monoisotopic (exact) mass is 405 g/mol. The van der Waals surface area contributed by atoms with Crippen molar-refractivity contribution in [2.24, 2.45) is 0 Å². The zero-order valence-corrected chi connectivity index (χ0v) is 16.4. The van der Waals surface area contributed by atoms with E-state index in [0.29, 0.717) is 16.5 Å². The summed E-state index contributed by atoms with van der Waals surface area (Å²) in [6.45, 7) is 3.62. The maximum absolute atomic E-state index is 12.8. The molecule has 0 radical (unpaired) electrons. The smallest absolute Gasteiger partial charge is 0.275 e. The molecule has 1 amide bonds. The number of fused-ring (bicyclic) bond motifs is 1. The molecule has 1 fully saturated rings. The van der Waals surface area contributed by atoms with Crippen LogP contribution in [0.2, 0.25) is 0 Å². The van der Waals surface area contributed by atoms with Crippen molar-refractivity contribution in [2.45, 2.75) is 0 Å². The number of piperazine rings is 1. The topological polar surface area (TPSA) is 88.0 Å². The minimum absolute atomic E-state index is 0.256. The number of aromatic nitrogens is 4. The lowest BCUT2D eigenvalue weighted by Crippen LogP contribution is -2.43. The molecule has 4 aromatic rings. The number of carbonyl (C=O) groups is 1. The first kappa shape index (κ1) is 17.8. The summed E-state index contributed by atoms with van der Waals surface area (Å²) < 4.78 is 1.76. The van der Waals surface area contributed by atoms with Crippen LogP contribution in [0.4, 0.5) is 11.4 Å². The first-order valence-electron chi connectivity index (χ1n) is 9.39. The molecule has 0 unspecified atom stereocenters. The highest BCUT2D eigenvalue weighted by Crippen LogP contribution is 2.26. The van der Waals surface area contributed by atoms with Crippen molar-refractivity contribution in [1.82, 2.24) is 25.1 Å². The van der Waals surface area contributed by atoms with E-state index in [0.717, 1.165) is 42.8 Å². The van der Waals surface area contributed by atoms with Crippen molar-refractivity contribution in [1.29, 1.82) is 0 Å². The number of rotatable bonds is 4. The van der Waals surface area contributed by atoms with E-state index >= 15 is 0 Å². The summed E-state index contributed by atoms with van der Waals surface area (Å²) in [5.41, 5.74) is 2.99. The van der Waals surface area contributed by atoms with Gasteiger partial charge in [0, 0.05) is 43.1 Å². The van der Waals surface area contributed by atoms with Crippen LogP contribution in [0.1, 0.15) is 10.5 Å². The Balaban J connectivity index is 1.39. The standard InChI is InChI=1S/C20H19N7OS/c28-19(24-15-12-22-6-5-18(15)26-9-7-21-8-10-26)16-13-29-20(25-16)27-17-4-2-1-3-14(17)11-23-27/h1-6,11-13,21H,7-10H2,(H,24,28). The van der Waals surface area contributed by atoms with E-state index in [4.69, 9.17) is 0 Å². The van der Waals surface area contributed by atoms with E-state index < -0.39 is 0 Å². The Hall–Kier alpha value is -3.30. The summed E-state index contributed by atoms with van der Waals surface area (Å²) >= 11 is 1.39. The summed E-state index contributed by atoms with van der Waals surface area (Å²) in [5, 5.41) is 14.2. The number of nitrogens with zero attached hydrogens (tertiary/aromatic N) is 5. The number of anilines is 2. The Kier molecular flexibility index (Phi) is 4.66. The SMILES string of the molecule is O=C(Nc1cnccc1N1CCNCC1)c1csc(-n2ncc3ccccc32)n1. The average molecular weight is 405 g/mol. The van der Waals surface area contributed by atoms with Crippen molar-refractivity contribution in [3.05, 3.63) is 60.0 Å². The number of nitrogens with one attached hydrogen (secondary N) is 2. The molecular formula is C20H19N7OS. The molecule has 0 saturated carbocycles. The number of hydrogen-bond acceptors (Lipinski definition) is 7. The molecule has 29 heavy (non-hydrogen) atoms. The van der Waals surface area contributed by atoms with Crippen molar-refractivity contribution in [3.8, 4) is 5.13 Å². The van der Waals surface area contributed by atoms with Crippen LogP contribution >= 0.6 is 11.3 Å². The van der Waals surface area contributed by atoms with E-state index in [2.05, 4.69) is 30.6 Å². The molecule has 3 aromatic heterocycles. The maximum atomic E-state index is 12.8. The second kappa shape index (κ2) is 7.61. The van der Waals surface area contributed by atoms with E-state index in [9.17, 15) is 4.79 Å². The normalized spacial score (nSPS) is 14.3. The zero-order chi connectivity index (χ0) is 19.6. The first-order valence-corrected chi connectivity index (χ1v) is 10.3. The van der Waals surface area contributed by atoms with Gasteiger partial charge in [0.1, 0.15) is 5.69 Å². The molecule has 4 heterocycles. The second-order valence-electron chi connectivity index (χ2n) is 6.71. The van der Waals surface area contributed by atoms with Gasteiger partial charge in [-0.1, -0.05) is 18.2 Å². The Morgan fingerprint density at radius 1 is 1.14 bits per heavy atom. The maximum Gasteiger partial charge on any atom is 0.275 e. The number of pyridine rings is 1. The molecule has 0 spiro atoms. The summed E-state index contributed by atoms with van der Waals surface area (Å²) in [6.07, 6.45) is 5.23. The summed E-state index contributed by atoms with van der Waals surface area (Å²) in [4.78, 5) is 23.8. The number of thiazole rings is 1. The third-order valence-corrected chi connectivity index (χ3v) is 5.70. The highest BCUT2D eigenvalue weighted by Gasteiger charge is 2.18. The van der Waals surface area contributed by atoms with Crippen LogP contribution in [0.3, 0.4) is 0 Å². The van der Waals surface area contributed by atoms with Crippen molar-refractivity contribution >= 4 is 39.5 Å². The van der Waals surface area contributed by atoms with Crippen LogP contribution in [0.5, 0.6) is 0 Å². The van der Waals surface area contributed by atoms with Crippen LogP contribution < -0.4 is 15.5 Å². The minimum atomic E-state index is -0.256. The third kappa shape index (κ3) is 3.45. The van der Waals surface area contributed by atoms with Crippen molar-refractivity contribution in [2.75, 3.05) is 36.4 Å². The third-order valence-electron chi connectivity index (χ3n) is 4.89. The summed E-state index contributed by atoms with van der Waals surface area (Å²) in [7, 11) is 0. The molecule has 0 atom stereocenters. The van der Waals surface area contributed by atoms with Crippen LogP contribution in [-0.4, -0.2) is 51.8 Å². The summed E-state index contributed by atoms with van der Waals surface area (Å²) in [6, 6.07) is 9.85. The lowest BCUT2D eigenvalue weighted by molar-refractivity contribution is 0.102. The Morgan fingerprint density at radius 2 is 2.00 bits per heavy atom. The Labute approximate surface area is 171 Å². The fourth-order valence-corrected chi connectivity index (χ4v) is 4.21. The van der Waals surface area contributed by atoms with Gasteiger partial charge >= 0.3 is 0 Å². The van der Waals surface area contributed by atoms with Gasteiger partial charge in [0.05, 0.1) is 29.3 Å². The molecule has 0 aliphatic carbocycles. The molecule has 8 nitrogen and oxygen atoms in total. The van der Waals surface area contributed by atoms with Gasteiger partial charge in [-0.05, 0) is 12.1 Å². The number of hydrogen-bond donors (Lipinski definition) is 2. The van der Waals surface area contributed by atoms with Gasteiger partial charge in [-0.25, -0.2) is 9.67 Å². The quantitative estimate of drug-likeness (QED) is 0.543. The lowest BCUT2D eigenvalue weighted by Gasteiger charge is -2.30. The minimum Gasteiger partial charge on any atom is -0.367 e. The van der Waals surface area contributed by atoms with Crippen LogP contribution in [0.15, 0.2) is 54.3 Å². The molecule has 146 valence electrons. The van der Waals surface area contributed by atoms with Gasteiger partial charge in [-0.2, -0.15) is 5.10 Å². The fraction of sp³-hybridized carbons (Fsp3) is 0.200. The van der Waals surface area contributed by atoms with Crippen molar-refractivity contribution in [3.63, 3.8) is 0 Å². The predicted molar refractivity (Wildman–Crippen MR) is 114 cm³/mol. The number of amides is 1. The van der Waals surface area contributed by atoms with E-state index in [1.54, 1.807) is 28.7 Å². The van der Waals surface area contributed by atoms with Gasteiger partial charge in [0.2, 0.25) is 5.13 Å². The average Bonchev–Trinajstić information content (AvgIpc) is 3.42. The van der Waals surface area contributed by atoms with E-state index in [1.165, 1.54) is 11.3 Å². The van der Waals surface area contributed by atoms with E-state index in [-0.39, 0.29) is 5.91 Å². The number of para-hydroxylation sites is 1. The highest BCUT2D eigenvalue weighted by molar-refractivity contribution is 7.12. The number of carbonyl (C=O) groups excluding carboxylic acids is 1. The molecule has 0 bridgehead atoms. The molecule has 1 aliphatic rings. The zero-order valence-electron chi connectivity index (χ0n) is 15.6. The molecule has 9 heteroatoms. The van der Waals surface area contributed by atoms with Crippen LogP contribution in [0.25, 0.3) is 16.0 Å². The fourth-order valence-electron chi connectivity index (χ4n) is 3.44. The van der Waals surface area contributed by atoms with E-state index in [1.807, 2.05) is 30.3 Å². The largest absolute Gasteiger partial charge is 0.367 e. The molecule has 2 N–H and O–H groups in total. The highest BCUT2D eigenvalue weighted by atomic mass is 32.1. The Bertz CT molecular complexity index is 1160. The molecule has 1 aliphatic heterocycles. The van der Waals surface area contributed by atoms with Crippen LogP contribution in [0, 0.1) is 0 Å². The molecule has 5 rings (SSSR count). The molecular weight excluding hydrogens is 386 g/mol. The predicted octanol–water partition coefficient (Wildman–Crippen LogP) is 2.54. The Morgan fingerprint density at radius 3 is 2.90 bits per heavy atom. The van der Waals surface area contributed by atoms with Gasteiger partial charge in [0.15, 0.2) is 0 Å². The van der Waals surface area contributed by atoms with Gasteiger partial charge < -0.3 is 15.5 Å². The second-order valence-corrected chi connectivity index (χ2v) is 7.55. The summed E-state index contributed by atoms with van der Waals surface area (Å²) in [5.74, 6) is -0.256. The molecule has 1 aromatic carbocycles.